The van der Waals surface area contributed by atoms with Crippen molar-refractivity contribution in [1.82, 2.24) is 61.1 Å². The lowest BCUT2D eigenvalue weighted by Crippen LogP contribution is -2.49. The average Bonchev–Trinajstić information content (AvgIpc) is 1.62. The van der Waals surface area contributed by atoms with Crippen LogP contribution in [0.5, 0.6) is 11.5 Å². The minimum Gasteiger partial charge on any atom is -0.755 e. The molecule has 6 aromatic rings. The number of hydrogen-bond donors (Lipinski definition) is 6. The molecular weight excluding hydrogens is 1330 g/mol. The van der Waals surface area contributed by atoms with Crippen LogP contribution >= 0.6 is 46.4 Å². The molecule has 4 aromatic carbocycles. The number of likely N-dealkylation sites (tertiary alicyclic amines) is 2. The molecule has 2 unspecified atom stereocenters. The fourth-order valence-electron chi connectivity index (χ4n) is 13.0. The summed E-state index contributed by atoms with van der Waals surface area (Å²) in [4.78, 5) is 29.8. The van der Waals surface area contributed by atoms with Gasteiger partial charge in [0, 0.05) is 130 Å². The number of benzene rings is 4. The van der Waals surface area contributed by atoms with E-state index in [9.17, 15) is 27.1 Å². The molecule has 24 nitrogen and oxygen atoms in total. The number of nitrogens with zero attached hydrogens (tertiary/aromatic N) is 10. The van der Waals surface area contributed by atoms with Crippen molar-refractivity contribution in [2.45, 2.75) is 165 Å². The summed E-state index contributed by atoms with van der Waals surface area (Å²) in [7, 11) is 0. The van der Waals surface area contributed by atoms with E-state index in [1.54, 1.807) is 82.4 Å². The van der Waals surface area contributed by atoms with Crippen LogP contribution < -0.4 is 50.8 Å². The number of anilines is 2. The first kappa shape index (κ1) is 70.9. The lowest BCUT2D eigenvalue weighted by Gasteiger charge is -2.38. The number of nitrogens with two attached hydrogens (primary N) is 2. The molecule has 4 aliphatic rings. The van der Waals surface area contributed by atoms with Gasteiger partial charge in [-0.25, -0.2) is 9.59 Å². The molecule has 0 bridgehead atoms. The third kappa shape index (κ3) is 19.9. The van der Waals surface area contributed by atoms with E-state index in [0.717, 1.165) is 125 Å². The molecule has 4 heterocycles. The van der Waals surface area contributed by atoms with Crippen LogP contribution in [0.15, 0.2) is 85.2 Å². The van der Waals surface area contributed by atoms with Crippen molar-refractivity contribution in [3.63, 3.8) is 0 Å². The highest BCUT2D eigenvalue weighted by Crippen LogP contribution is 2.45. The van der Waals surface area contributed by atoms with Crippen LogP contribution in [0, 0.1) is 0 Å². The normalized spacial score (nSPS) is 20.3. The number of halogens is 4. The number of hydrogen-bond acceptors (Lipinski definition) is 16. The van der Waals surface area contributed by atoms with E-state index in [1.165, 1.54) is 8.61 Å². The van der Waals surface area contributed by atoms with Crippen molar-refractivity contribution in [3.05, 3.63) is 139 Å². The van der Waals surface area contributed by atoms with Crippen LogP contribution in [0.25, 0.3) is 0 Å². The Morgan fingerprint density at radius 3 is 1.36 bits per heavy atom. The van der Waals surface area contributed by atoms with Gasteiger partial charge in [0.15, 0.2) is 0 Å². The Bertz CT molecular complexity index is 3280. The molecule has 10 rings (SSSR count). The smallest absolute Gasteiger partial charge is 0.315 e. The Balaban J connectivity index is 0.538. The highest BCUT2D eigenvalue weighted by Gasteiger charge is 2.42. The van der Waals surface area contributed by atoms with Gasteiger partial charge in [-0.3, -0.25) is 27.6 Å². The summed E-state index contributed by atoms with van der Waals surface area (Å²) < 4.78 is 69.0. The SMILES string of the molecule is N[C@@H]1CCCN([C@H]2Cc3c(Cl)cc(Cl)cc3[C@@H]2Oc2ccc(N(CCCCCCn3cc(CNC(=O)NCCCCNC(=O)NCc4cn(CCCCCCN(c5ccc(O[C@H]6c7cc(Cl)cc(Cl)c7C[C@@H]6N6CCC[C@@H](N)C6)cc5)S(=O)[O-])nn4)nn3)S(=O)[O-])cc2)C1. The molecule has 0 spiro atoms. The van der Waals surface area contributed by atoms with Crippen LogP contribution in [-0.2, 0) is 61.6 Å². The van der Waals surface area contributed by atoms with E-state index in [0.29, 0.717) is 119 Å². The highest BCUT2D eigenvalue weighted by atomic mass is 35.5. The van der Waals surface area contributed by atoms with Crippen molar-refractivity contribution in [3.8, 4) is 11.5 Å². The number of amides is 4. The molecule has 4 amide bonds. The lowest BCUT2D eigenvalue weighted by atomic mass is 10.0. The molecule has 510 valence electrons. The van der Waals surface area contributed by atoms with Crippen molar-refractivity contribution in [2.24, 2.45) is 11.5 Å². The molecule has 2 aliphatic heterocycles. The zero-order chi connectivity index (χ0) is 66.1. The first-order chi connectivity index (χ1) is 45.5. The zero-order valence-electron chi connectivity index (χ0n) is 52.6. The molecule has 94 heavy (non-hydrogen) atoms. The van der Waals surface area contributed by atoms with Gasteiger partial charge in [-0.15, -0.1) is 10.2 Å². The van der Waals surface area contributed by atoms with Crippen LogP contribution in [0.4, 0.5) is 21.0 Å². The summed E-state index contributed by atoms with van der Waals surface area (Å²) in [6.07, 6.45) is 16.0. The quantitative estimate of drug-likeness (QED) is 0.0165. The summed E-state index contributed by atoms with van der Waals surface area (Å²) in [6.45, 7) is 6.55. The Hall–Kier alpha value is -5.88. The number of nitrogens with one attached hydrogen (secondary N) is 4. The van der Waals surface area contributed by atoms with Gasteiger partial charge in [0.25, 0.3) is 0 Å². The van der Waals surface area contributed by atoms with E-state index >= 15 is 0 Å². The molecule has 8 N–H and O–H groups in total. The summed E-state index contributed by atoms with van der Waals surface area (Å²) >= 11 is 21.3. The van der Waals surface area contributed by atoms with Gasteiger partial charge in [0.2, 0.25) is 0 Å². The maximum absolute atomic E-state index is 12.5. The second-order valence-electron chi connectivity index (χ2n) is 24.7. The van der Waals surface area contributed by atoms with Crippen molar-refractivity contribution >= 4 is 92.4 Å². The maximum Gasteiger partial charge on any atom is 0.315 e. The first-order valence-corrected chi connectivity index (χ1v) is 36.1. The van der Waals surface area contributed by atoms with Gasteiger partial charge in [0.05, 0.1) is 37.6 Å². The van der Waals surface area contributed by atoms with E-state index < -0.39 is 22.5 Å². The van der Waals surface area contributed by atoms with Gasteiger partial charge in [0.1, 0.15) is 35.1 Å². The molecule has 8 atom stereocenters. The van der Waals surface area contributed by atoms with Crippen molar-refractivity contribution in [1.29, 1.82) is 0 Å². The predicted molar refractivity (Wildman–Crippen MR) is 364 cm³/mol. The lowest BCUT2D eigenvalue weighted by molar-refractivity contribution is 0.0593. The number of aryl methyl sites for hydroxylation is 2. The Labute approximate surface area is 574 Å². The molecule has 2 aromatic heterocycles. The summed E-state index contributed by atoms with van der Waals surface area (Å²) in [6, 6.07) is 21.3. The number of urea groups is 2. The number of carbonyl (C=O) groups is 2. The second-order valence-corrected chi connectivity index (χ2v) is 28.1. The number of carbonyl (C=O) groups excluding carboxylic acids is 2. The monoisotopic (exact) mass is 1410 g/mol. The van der Waals surface area contributed by atoms with Crippen LogP contribution in [0.3, 0.4) is 0 Å². The Morgan fingerprint density at radius 2 is 0.968 bits per heavy atom. The minimum absolute atomic E-state index is 0.0375. The number of unbranched alkanes of at least 4 members (excludes halogenated alkanes) is 7. The Kier molecular flexibility index (Phi) is 26.3. The number of rotatable bonds is 33. The number of aromatic nitrogens is 6. The molecule has 2 aliphatic carbocycles. The molecule has 0 saturated carbocycles. The van der Waals surface area contributed by atoms with E-state index in [4.69, 9.17) is 67.3 Å². The Morgan fingerprint density at radius 1 is 0.564 bits per heavy atom. The van der Waals surface area contributed by atoms with Crippen LogP contribution in [-0.4, -0.2) is 146 Å². The number of fused-ring (bicyclic) bond motifs is 2. The van der Waals surface area contributed by atoms with Crippen LogP contribution in [0.2, 0.25) is 20.1 Å². The van der Waals surface area contributed by atoms with Gasteiger partial charge in [-0.2, -0.15) is 0 Å². The number of piperidine rings is 2. The zero-order valence-corrected chi connectivity index (χ0v) is 57.2. The summed E-state index contributed by atoms with van der Waals surface area (Å²) in [5, 5.41) is 30.4. The first-order valence-electron chi connectivity index (χ1n) is 32.6. The van der Waals surface area contributed by atoms with Gasteiger partial charge < -0.3 is 59.9 Å². The van der Waals surface area contributed by atoms with Gasteiger partial charge in [-0.05, 0) is 174 Å². The number of ether oxygens (including phenoxy) is 2. The van der Waals surface area contributed by atoms with E-state index in [1.807, 2.05) is 12.1 Å². The molecule has 2 saturated heterocycles. The molecule has 30 heteroatoms. The molecule has 2 fully saturated rings. The van der Waals surface area contributed by atoms with Gasteiger partial charge >= 0.3 is 12.1 Å². The molecule has 0 radical (unpaired) electrons. The van der Waals surface area contributed by atoms with Gasteiger partial charge in [-0.1, -0.05) is 82.5 Å². The van der Waals surface area contributed by atoms with Crippen molar-refractivity contribution < 1.29 is 36.6 Å². The second kappa shape index (κ2) is 34.9. The standard InChI is InChI=1S/C64H86Cl4N16O8S2/c65-43-31-55-53(57(67)33-43)35-59(79-25-11-13-45(69)39-79)61(55)91-51-19-15-49(16-20-51)83(93(87)88)29-9-3-1-7-27-81-41-47(75-77-81)37-73-63(85)71-23-5-6-24-72-64(86)74-38-48-42-82(78-76-48)28-8-2-4-10-30-84(94(89)90)50-17-21-52(22-18-50)92-62-56-32-44(66)34-58(68)54(56)36-60(62)80-26-12-14-46(70)40-80/h15-22,31-34,41-42,45-46,59-62H,1-14,23-30,35-40,69-70H2,(H,87,88)(H,89,90)(H2,71,73,85)(H2,72,74,86)/p-2/t45-,46-,59+,60+,61+,62+/m1/s1. The van der Waals surface area contributed by atoms with Crippen LogP contribution in [0.1, 0.15) is 136 Å². The van der Waals surface area contributed by atoms with E-state index in [-0.39, 0.29) is 61.5 Å². The summed E-state index contributed by atoms with van der Waals surface area (Å²) in [5.74, 6) is 1.23. The maximum atomic E-state index is 12.5. The van der Waals surface area contributed by atoms with Crippen molar-refractivity contribution in [2.75, 3.05) is 61.0 Å². The summed E-state index contributed by atoms with van der Waals surface area (Å²) in [5.41, 5.74) is 19.1. The fourth-order valence-corrected chi connectivity index (χ4v) is 15.4. The minimum atomic E-state index is -2.47. The topological polar surface area (TPSA) is 307 Å². The fraction of sp³-hybridized carbons (Fsp3) is 0.531. The largest absolute Gasteiger partial charge is 0.755 e. The average molecular weight is 1410 g/mol. The predicted octanol–water partition coefficient (Wildman–Crippen LogP) is 9.22. The highest BCUT2D eigenvalue weighted by molar-refractivity contribution is 7.80. The third-order valence-electron chi connectivity index (χ3n) is 17.8. The van der Waals surface area contributed by atoms with E-state index in [2.05, 4.69) is 51.7 Å². The molecular formula is C64H84Cl4N16O8S2-2. The third-order valence-corrected chi connectivity index (χ3v) is 20.4.